The van der Waals surface area contributed by atoms with Crippen LogP contribution in [0.25, 0.3) is 11.0 Å². The Bertz CT molecular complexity index is 598. The number of nitrogens with zero attached hydrogens (tertiary/aromatic N) is 2. The molecule has 84 valence electrons. The summed E-state index contributed by atoms with van der Waals surface area (Å²) < 4.78 is 5.78. The molecule has 0 radical (unpaired) electrons. The van der Waals surface area contributed by atoms with Crippen molar-refractivity contribution in [3.63, 3.8) is 0 Å². The van der Waals surface area contributed by atoms with E-state index in [1.165, 1.54) is 0 Å². The summed E-state index contributed by atoms with van der Waals surface area (Å²) >= 11 is 0. The molecule has 0 aliphatic rings. The van der Waals surface area contributed by atoms with Crippen LogP contribution in [0.5, 0.6) is 0 Å². The Morgan fingerprint density at radius 3 is 2.76 bits per heavy atom. The van der Waals surface area contributed by atoms with E-state index in [2.05, 4.69) is 4.98 Å². The van der Waals surface area contributed by atoms with Gasteiger partial charge in [-0.15, -0.1) is 0 Å². The predicted octanol–water partition coefficient (Wildman–Crippen LogP) is 3.60. The number of anilines is 2. The molecular weight excluding hydrogens is 212 g/mol. The van der Waals surface area contributed by atoms with E-state index in [0.717, 1.165) is 22.5 Å². The summed E-state index contributed by atoms with van der Waals surface area (Å²) in [4.78, 5) is 6.08. The van der Waals surface area contributed by atoms with E-state index in [9.17, 15) is 0 Å². The van der Waals surface area contributed by atoms with Crippen LogP contribution in [0, 0.1) is 0 Å². The normalized spacial score (nSPS) is 10.6. The summed E-state index contributed by atoms with van der Waals surface area (Å²) in [6.07, 6.45) is 3.57. The van der Waals surface area contributed by atoms with Crippen LogP contribution < -0.4 is 4.90 Å². The first-order chi connectivity index (χ1) is 8.34. The van der Waals surface area contributed by atoms with Crippen molar-refractivity contribution in [1.29, 1.82) is 0 Å². The van der Waals surface area contributed by atoms with Crippen LogP contribution in [-0.2, 0) is 0 Å². The van der Waals surface area contributed by atoms with E-state index in [1.807, 2.05) is 60.6 Å². The Hall–Kier alpha value is -2.29. The van der Waals surface area contributed by atoms with Gasteiger partial charge in [-0.1, -0.05) is 18.2 Å². The highest BCUT2D eigenvalue weighted by Gasteiger charge is 2.09. The van der Waals surface area contributed by atoms with Gasteiger partial charge >= 0.3 is 0 Å². The topological polar surface area (TPSA) is 29.3 Å². The number of benzene rings is 1. The van der Waals surface area contributed by atoms with Crippen molar-refractivity contribution in [2.45, 2.75) is 0 Å². The van der Waals surface area contributed by atoms with Crippen LogP contribution >= 0.6 is 0 Å². The average molecular weight is 224 g/mol. The Morgan fingerprint density at radius 2 is 2.00 bits per heavy atom. The van der Waals surface area contributed by atoms with E-state index in [0.29, 0.717) is 0 Å². The zero-order valence-corrected chi connectivity index (χ0v) is 9.50. The second kappa shape index (κ2) is 3.94. The maximum absolute atomic E-state index is 5.78. The summed E-state index contributed by atoms with van der Waals surface area (Å²) in [5, 5.41) is 1.11. The Balaban J connectivity index is 2.04. The number of aromatic nitrogens is 1. The monoisotopic (exact) mass is 224 g/mol. The van der Waals surface area contributed by atoms with Crippen LogP contribution in [0.4, 0.5) is 11.6 Å². The molecule has 0 saturated carbocycles. The van der Waals surface area contributed by atoms with Crippen molar-refractivity contribution in [2.24, 2.45) is 0 Å². The minimum Gasteiger partial charge on any atom is -0.440 e. The highest BCUT2D eigenvalue weighted by molar-refractivity contribution is 5.82. The molecule has 0 fully saturated rings. The lowest BCUT2D eigenvalue weighted by atomic mass is 10.2. The van der Waals surface area contributed by atoms with Crippen LogP contribution in [0.1, 0.15) is 0 Å². The van der Waals surface area contributed by atoms with E-state index in [1.54, 1.807) is 6.20 Å². The molecule has 0 aliphatic carbocycles. The third-order valence-electron chi connectivity index (χ3n) is 2.78. The lowest BCUT2D eigenvalue weighted by molar-refractivity contribution is 0.616. The van der Waals surface area contributed by atoms with Gasteiger partial charge < -0.3 is 9.32 Å². The predicted molar refractivity (Wildman–Crippen MR) is 68.5 cm³/mol. The van der Waals surface area contributed by atoms with E-state index < -0.39 is 0 Å². The third-order valence-corrected chi connectivity index (χ3v) is 2.78. The minimum absolute atomic E-state index is 0.819. The highest BCUT2D eigenvalue weighted by atomic mass is 16.4. The molecule has 2 heterocycles. The molecule has 17 heavy (non-hydrogen) atoms. The number of para-hydroxylation sites is 1. The number of furan rings is 1. The van der Waals surface area contributed by atoms with Gasteiger partial charge in [0, 0.05) is 24.7 Å². The summed E-state index contributed by atoms with van der Waals surface area (Å²) in [6.45, 7) is 0. The van der Waals surface area contributed by atoms with E-state index in [4.69, 9.17) is 4.42 Å². The lowest BCUT2D eigenvalue weighted by Gasteiger charge is -2.14. The molecule has 0 N–H and O–H groups in total. The van der Waals surface area contributed by atoms with Gasteiger partial charge in [-0.2, -0.15) is 0 Å². The fourth-order valence-corrected chi connectivity index (χ4v) is 1.81. The molecule has 3 nitrogen and oxygen atoms in total. The molecule has 2 aromatic heterocycles. The average Bonchev–Trinajstić information content (AvgIpc) is 2.82. The van der Waals surface area contributed by atoms with Gasteiger partial charge in [0.15, 0.2) is 0 Å². The largest absolute Gasteiger partial charge is 0.440 e. The first-order valence-corrected chi connectivity index (χ1v) is 5.47. The molecule has 3 aromatic rings. The molecule has 0 aliphatic heterocycles. The van der Waals surface area contributed by atoms with Crippen molar-refractivity contribution < 1.29 is 4.42 Å². The van der Waals surface area contributed by atoms with Gasteiger partial charge in [0.1, 0.15) is 5.58 Å². The molecule has 3 rings (SSSR count). The van der Waals surface area contributed by atoms with Crippen LogP contribution in [0.15, 0.2) is 59.3 Å². The van der Waals surface area contributed by atoms with Crippen molar-refractivity contribution in [3.8, 4) is 0 Å². The zero-order valence-electron chi connectivity index (χ0n) is 9.50. The molecule has 0 bridgehead atoms. The Morgan fingerprint density at radius 1 is 1.12 bits per heavy atom. The highest BCUT2D eigenvalue weighted by Crippen LogP contribution is 2.29. The number of hydrogen-bond acceptors (Lipinski definition) is 3. The van der Waals surface area contributed by atoms with Crippen LogP contribution in [0.2, 0.25) is 0 Å². The van der Waals surface area contributed by atoms with Gasteiger partial charge in [-0.05, 0) is 18.2 Å². The van der Waals surface area contributed by atoms with Gasteiger partial charge in [-0.25, -0.2) is 0 Å². The maximum Gasteiger partial charge on any atom is 0.200 e. The summed E-state index contributed by atoms with van der Waals surface area (Å²) in [5.41, 5.74) is 1.91. The smallest absolute Gasteiger partial charge is 0.200 e. The molecule has 3 heteroatoms. The molecule has 0 atom stereocenters. The van der Waals surface area contributed by atoms with Gasteiger partial charge in [0.05, 0.1) is 11.9 Å². The quantitative estimate of drug-likeness (QED) is 0.666. The minimum atomic E-state index is 0.819. The molecule has 1 aromatic carbocycles. The van der Waals surface area contributed by atoms with E-state index >= 15 is 0 Å². The molecule has 0 unspecified atom stereocenters. The number of pyridine rings is 1. The second-order valence-electron chi connectivity index (χ2n) is 3.89. The fourth-order valence-electron chi connectivity index (χ4n) is 1.81. The Kier molecular flexibility index (Phi) is 2.29. The summed E-state index contributed by atoms with van der Waals surface area (Å²) in [5.74, 6) is 0.819. The first kappa shape index (κ1) is 9.90. The number of fused-ring (bicyclic) bond motifs is 1. The number of rotatable bonds is 2. The van der Waals surface area contributed by atoms with Gasteiger partial charge in [0.25, 0.3) is 0 Å². The molecule has 0 spiro atoms. The van der Waals surface area contributed by atoms with Crippen molar-refractivity contribution in [1.82, 2.24) is 4.98 Å². The number of hydrogen-bond donors (Lipinski definition) is 0. The van der Waals surface area contributed by atoms with E-state index in [-0.39, 0.29) is 0 Å². The standard InChI is InChI=1S/C14H12N2O/c1-16(12-6-4-8-15-10-12)14-9-11-5-2-3-7-13(11)17-14/h2-10H,1H3. The van der Waals surface area contributed by atoms with Crippen molar-refractivity contribution in [2.75, 3.05) is 11.9 Å². The molecule has 0 amide bonds. The summed E-state index contributed by atoms with van der Waals surface area (Å²) in [7, 11) is 1.97. The van der Waals surface area contributed by atoms with Gasteiger partial charge in [-0.3, -0.25) is 4.98 Å². The van der Waals surface area contributed by atoms with Crippen molar-refractivity contribution >= 4 is 22.5 Å². The second-order valence-corrected chi connectivity index (χ2v) is 3.89. The lowest BCUT2D eigenvalue weighted by Crippen LogP contribution is -2.08. The fraction of sp³-hybridized carbons (Fsp3) is 0.0714. The van der Waals surface area contributed by atoms with Crippen molar-refractivity contribution in [3.05, 3.63) is 54.9 Å². The molecular formula is C14H12N2O. The van der Waals surface area contributed by atoms with Crippen LogP contribution in [-0.4, -0.2) is 12.0 Å². The van der Waals surface area contributed by atoms with Crippen LogP contribution in [0.3, 0.4) is 0 Å². The zero-order chi connectivity index (χ0) is 11.7. The SMILES string of the molecule is CN(c1cccnc1)c1cc2ccccc2o1. The Labute approximate surface area is 99.3 Å². The van der Waals surface area contributed by atoms with Gasteiger partial charge in [0.2, 0.25) is 5.88 Å². The molecule has 0 saturated heterocycles. The third kappa shape index (κ3) is 1.76. The summed E-state index contributed by atoms with van der Waals surface area (Å²) in [6, 6.07) is 13.9. The first-order valence-electron chi connectivity index (χ1n) is 5.47. The maximum atomic E-state index is 5.78.